The number of hydrogen-bond donors (Lipinski definition) is 0. The van der Waals surface area contributed by atoms with Crippen LogP contribution >= 0.6 is 11.3 Å². The molecule has 2 amide bonds. The van der Waals surface area contributed by atoms with Crippen LogP contribution in [-0.4, -0.2) is 67.0 Å². The number of rotatable bonds is 6. The standard InChI is InChI=1S/C25H30N4O5S2/c1-4-18-8-7-9-21-22(18)29(5-2)24(35-21)26-23(30)19-10-12-20(13-11-19)36(32,33)28-16-14-27(15-17-28)25(31)34-6-3/h7-13H,4-6,14-17H2,1-3H3. The Morgan fingerprint density at radius 1 is 1.00 bits per heavy atom. The van der Waals surface area contributed by atoms with E-state index in [9.17, 15) is 18.0 Å². The zero-order chi connectivity index (χ0) is 25.9. The fourth-order valence-corrected chi connectivity index (χ4v) is 6.83. The minimum absolute atomic E-state index is 0.0988. The van der Waals surface area contributed by atoms with Crippen LogP contribution in [0, 0.1) is 0 Å². The van der Waals surface area contributed by atoms with Crippen molar-refractivity contribution >= 4 is 43.6 Å². The summed E-state index contributed by atoms with van der Waals surface area (Å²) < 4.78 is 35.6. The molecule has 0 radical (unpaired) electrons. The molecule has 1 aliphatic heterocycles. The second-order valence-electron chi connectivity index (χ2n) is 8.28. The number of sulfonamides is 1. The fourth-order valence-electron chi connectivity index (χ4n) is 4.26. The molecule has 0 aliphatic carbocycles. The normalized spacial score (nSPS) is 15.4. The third kappa shape index (κ3) is 5.09. The molecule has 0 bridgehead atoms. The number of para-hydroxylation sites is 1. The van der Waals surface area contributed by atoms with Crippen LogP contribution in [0.25, 0.3) is 10.2 Å². The van der Waals surface area contributed by atoms with E-state index in [1.807, 2.05) is 23.6 Å². The number of benzene rings is 2. The van der Waals surface area contributed by atoms with Crippen molar-refractivity contribution in [2.24, 2.45) is 4.99 Å². The van der Waals surface area contributed by atoms with Crippen LogP contribution < -0.4 is 4.80 Å². The first-order chi connectivity index (χ1) is 17.3. The van der Waals surface area contributed by atoms with Gasteiger partial charge in [0.05, 0.1) is 21.7 Å². The van der Waals surface area contributed by atoms with Crippen molar-refractivity contribution in [3.8, 4) is 0 Å². The van der Waals surface area contributed by atoms with Gasteiger partial charge in [-0.25, -0.2) is 13.2 Å². The maximum atomic E-state index is 13.1. The van der Waals surface area contributed by atoms with E-state index in [2.05, 4.69) is 18.0 Å². The first-order valence-electron chi connectivity index (χ1n) is 12.0. The lowest BCUT2D eigenvalue weighted by molar-refractivity contribution is 0.0933. The zero-order valence-electron chi connectivity index (χ0n) is 20.6. The Morgan fingerprint density at radius 3 is 2.31 bits per heavy atom. The Balaban J connectivity index is 1.53. The summed E-state index contributed by atoms with van der Waals surface area (Å²) in [5.74, 6) is -0.422. The van der Waals surface area contributed by atoms with Gasteiger partial charge in [0.15, 0.2) is 4.80 Å². The summed E-state index contributed by atoms with van der Waals surface area (Å²) in [7, 11) is -3.75. The highest BCUT2D eigenvalue weighted by atomic mass is 32.2. The zero-order valence-corrected chi connectivity index (χ0v) is 22.3. The van der Waals surface area contributed by atoms with E-state index in [1.54, 1.807) is 6.92 Å². The Bertz CT molecular complexity index is 1430. The van der Waals surface area contributed by atoms with Gasteiger partial charge < -0.3 is 14.2 Å². The van der Waals surface area contributed by atoms with E-state index in [-0.39, 0.29) is 37.7 Å². The van der Waals surface area contributed by atoms with Gasteiger partial charge in [-0.05, 0) is 56.2 Å². The van der Waals surface area contributed by atoms with Gasteiger partial charge in [-0.1, -0.05) is 30.4 Å². The quantitative estimate of drug-likeness (QED) is 0.486. The summed E-state index contributed by atoms with van der Waals surface area (Å²) >= 11 is 1.47. The van der Waals surface area contributed by atoms with Gasteiger partial charge in [-0.3, -0.25) is 4.79 Å². The number of hydrogen-bond acceptors (Lipinski definition) is 6. The number of carbonyl (C=O) groups excluding carboxylic acids is 2. The molecule has 9 nitrogen and oxygen atoms in total. The average molecular weight is 531 g/mol. The minimum atomic E-state index is -3.75. The topological polar surface area (TPSA) is 101 Å². The number of aromatic nitrogens is 1. The van der Waals surface area contributed by atoms with Crippen molar-refractivity contribution in [1.29, 1.82) is 0 Å². The molecule has 0 atom stereocenters. The predicted octanol–water partition coefficient (Wildman–Crippen LogP) is 3.49. The lowest BCUT2D eigenvalue weighted by atomic mass is 10.1. The Labute approximate surface area is 214 Å². The number of nitrogens with zero attached hydrogens (tertiary/aromatic N) is 4. The molecule has 1 saturated heterocycles. The van der Waals surface area contributed by atoms with Crippen LogP contribution in [0.2, 0.25) is 0 Å². The number of thiazole rings is 1. The van der Waals surface area contributed by atoms with E-state index >= 15 is 0 Å². The third-order valence-electron chi connectivity index (χ3n) is 6.18. The molecule has 2 aromatic carbocycles. The van der Waals surface area contributed by atoms with Gasteiger partial charge in [0.2, 0.25) is 10.0 Å². The van der Waals surface area contributed by atoms with Crippen LogP contribution in [0.4, 0.5) is 4.79 Å². The molecule has 1 aromatic heterocycles. The summed E-state index contributed by atoms with van der Waals surface area (Å²) in [5, 5.41) is 0. The van der Waals surface area contributed by atoms with Crippen molar-refractivity contribution in [2.45, 2.75) is 38.6 Å². The van der Waals surface area contributed by atoms with E-state index in [1.165, 1.54) is 50.4 Å². The van der Waals surface area contributed by atoms with Gasteiger partial charge in [0, 0.05) is 38.3 Å². The predicted molar refractivity (Wildman–Crippen MR) is 139 cm³/mol. The highest BCUT2D eigenvalue weighted by molar-refractivity contribution is 7.89. The number of fused-ring (bicyclic) bond motifs is 1. The summed E-state index contributed by atoms with van der Waals surface area (Å²) in [6.07, 6.45) is 0.449. The van der Waals surface area contributed by atoms with Crippen LogP contribution in [0.1, 0.15) is 36.7 Å². The first kappa shape index (κ1) is 26.1. The Kier molecular flexibility index (Phi) is 7.91. The molecule has 0 spiro atoms. The molecule has 3 aromatic rings. The smallest absolute Gasteiger partial charge is 0.409 e. The molecule has 1 aliphatic rings. The molecule has 0 saturated carbocycles. The van der Waals surface area contributed by atoms with Crippen molar-refractivity contribution in [1.82, 2.24) is 13.8 Å². The van der Waals surface area contributed by atoms with Gasteiger partial charge in [-0.2, -0.15) is 9.30 Å². The SMILES string of the molecule is CCOC(=O)N1CCN(S(=O)(=O)c2ccc(C(=O)N=c3sc4cccc(CC)c4n3CC)cc2)CC1. The molecule has 11 heteroatoms. The van der Waals surface area contributed by atoms with Crippen molar-refractivity contribution < 1.29 is 22.7 Å². The van der Waals surface area contributed by atoms with Gasteiger partial charge in [-0.15, -0.1) is 0 Å². The molecule has 0 unspecified atom stereocenters. The average Bonchev–Trinajstić information content (AvgIpc) is 3.26. The molecule has 2 heterocycles. The maximum Gasteiger partial charge on any atom is 0.409 e. The van der Waals surface area contributed by atoms with Gasteiger partial charge in [0.25, 0.3) is 5.91 Å². The van der Waals surface area contributed by atoms with Crippen molar-refractivity contribution in [3.63, 3.8) is 0 Å². The monoisotopic (exact) mass is 530 g/mol. The first-order valence-corrected chi connectivity index (χ1v) is 14.3. The van der Waals surface area contributed by atoms with Gasteiger partial charge in [0.1, 0.15) is 0 Å². The summed E-state index contributed by atoms with van der Waals surface area (Å²) in [6, 6.07) is 12.0. The molecule has 36 heavy (non-hydrogen) atoms. The maximum absolute atomic E-state index is 13.1. The van der Waals surface area contributed by atoms with E-state index in [0.29, 0.717) is 16.9 Å². The number of amides is 2. The molecule has 192 valence electrons. The number of carbonyl (C=O) groups is 2. The number of ether oxygens (including phenoxy) is 1. The second-order valence-corrected chi connectivity index (χ2v) is 11.2. The number of piperazine rings is 1. The molecule has 0 N–H and O–H groups in total. The highest BCUT2D eigenvalue weighted by Gasteiger charge is 2.30. The van der Waals surface area contributed by atoms with E-state index in [4.69, 9.17) is 4.74 Å². The molecular weight excluding hydrogens is 500 g/mol. The van der Waals surface area contributed by atoms with Crippen molar-refractivity contribution in [3.05, 3.63) is 58.4 Å². The summed E-state index contributed by atoms with van der Waals surface area (Å²) in [4.78, 5) is 31.4. The summed E-state index contributed by atoms with van der Waals surface area (Å²) in [5.41, 5.74) is 2.62. The second kappa shape index (κ2) is 10.9. The fraction of sp³-hybridized carbons (Fsp3) is 0.400. The third-order valence-corrected chi connectivity index (χ3v) is 9.14. The van der Waals surface area contributed by atoms with E-state index in [0.717, 1.165) is 16.6 Å². The van der Waals surface area contributed by atoms with E-state index < -0.39 is 22.0 Å². The van der Waals surface area contributed by atoms with Gasteiger partial charge >= 0.3 is 6.09 Å². The molecule has 4 rings (SSSR count). The lowest BCUT2D eigenvalue weighted by Gasteiger charge is -2.33. The minimum Gasteiger partial charge on any atom is -0.450 e. The van der Waals surface area contributed by atoms with Crippen LogP contribution in [0.15, 0.2) is 52.4 Å². The van der Waals surface area contributed by atoms with Crippen LogP contribution in [0.5, 0.6) is 0 Å². The highest BCUT2D eigenvalue weighted by Crippen LogP contribution is 2.23. The van der Waals surface area contributed by atoms with Crippen LogP contribution in [0.3, 0.4) is 0 Å². The molecule has 1 fully saturated rings. The van der Waals surface area contributed by atoms with Crippen LogP contribution in [-0.2, 0) is 27.7 Å². The summed E-state index contributed by atoms with van der Waals surface area (Å²) in [6.45, 7) is 7.70. The lowest BCUT2D eigenvalue weighted by Crippen LogP contribution is -2.50. The Hall–Kier alpha value is -3.02. The van der Waals surface area contributed by atoms with Crippen molar-refractivity contribution in [2.75, 3.05) is 32.8 Å². The molecular formula is C25H30N4O5S2. The Morgan fingerprint density at radius 2 is 1.69 bits per heavy atom. The largest absolute Gasteiger partial charge is 0.450 e. The number of aryl methyl sites for hydroxylation is 2.